The van der Waals surface area contributed by atoms with Crippen LogP contribution in [-0.2, 0) is 11.2 Å². The molecule has 1 aromatic carbocycles. The molecule has 0 radical (unpaired) electrons. The molecule has 0 aliphatic carbocycles. The van der Waals surface area contributed by atoms with Crippen molar-refractivity contribution in [1.29, 1.82) is 0 Å². The number of fused-ring (bicyclic) bond motifs is 1. The minimum Gasteiger partial charge on any atom is -0.494 e. The fourth-order valence-corrected chi connectivity index (χ4v) is 3.04. The number of nitrogens with zero attached hydrogens (tertiary/aromatic N) is 4. The van der Waals surface area contributed by atoms with Crippen LogP contribution in [-0.4, -0.2) is 38.4 Å². The molecule has 3 aromatic rings. The Bertz CT molecular complexity index is 937. The van der Waals surface area contributed by atoms with Crippen LogP contribution in [0.5, 0.6) is 5.75 Å². The predicted molar refractivity (Wildman–Crippen MR) is 102 cm³/mol. The van der Waals surface area contributed by atoms with Gasteiger partial charge in [-0.3, -0.25) is 4.79 Å². The zero-order valence-corrected chi connectivity index (χ0v) is 16.1. The first kappa shape index (κ1) is 18.2. The Balaban J connectivity index is 1.78. The van der Waals surface area contributed by atoms with Gasteiger partial charge in [0.15, 0.2) is 0 Å². The second-order valence-electron chi connectivity index (χ2n) is 5.75. The van der Waals surface area contributed by atoms with Crippen LogP contribution < -0.4 is 10.1 Å². The Labute approximate surface area is 156 Å². The molecule has 0 aliphatic heterocycles. The number of nitrogens with one attached hydrogen (secondary N) is 1. The summed E-state index contributed by atoms with van der Waals surface area (Å²) in [6.07, 6.45) is 2.14. The van der Waals surface area contributed by atoms with Crippen LogP contribution >= 0.6 is 11.8 Å². The lowest BCUT2D eigenvalue weighted by Gasteiger charge is -2.11. The fourth-order valence-electron chi connectivity index (χ4n) is 2.70. The van der Waals surface area contributed by atoms with E-state index in [0.717, 1.165) is 28.4 Å². The second kappa shape index (κ2) is 7.74. The maximum Gasteiger partial charge on any atom is 0.253 e. The molecule has 1 amide bonds. The number of ether oxygens (including phenoxy) is 1. The third-order valence-corrected chi connectivity index (χ3v) is 4.54. The number of thioether (sulfide) groups is 1. The van der Waals surface area contributed by atoms with Gasteiger partial charge in [0.05, 0.1) is 13.0 Å². The van der Waals surface area contributed by atoms with Crippen molar-refractivity contribution in [2.24, 2.45) is 0 Å². The van der Waals surface area contributed by atoms with Crippen LogP contribution in [0.4, 0.5) is 5.69 Å². The minimum atomic E-state index is -0.105. The zero-order chi connectivity index (χ0) is 18.7. The molecule has 2 aromatic heterocycles. The summed E-state index contributed by atoms with van der Waals surface area (Å²) in [5, 5.41) is 7.98. The van der Waals surface area contributed by atoms with Gasteiger partial charge in [0, 0.05) is 22.6 Å². The molecule has 0 bridgehead atoms. The number of amides is 1. The van der Waals surface area contributed by atoms with E-state index < -0.39 is 0 Å². The number of benzene rings is 1. The van der Waals surface area contributed by atoms with E-state index in [1.54, 1.807) is 4.52 Å². The smallest absolute Gasteiger partial charge is 0.253 e. The van der Waals surface area contributed by atoms with Gasteiger partial charge < -0.3 is 10.1 Å². The van der Waals surface area contributed by atoms with Gasteiger partial charge in [0.1, 0.15) is 5.75 Å². The average Bonchev–Trinajstić information content (AvgIpc) is 3.04. The van der Waals surface area contributed by atoms with Crippen molar-refractivity contribution < 1.29 is 9.53 Å². The van der Waals surface area contributed by atoms with Crippen molar-refractivity contribution in [3.8, 4) is 5.75 Å². The molecular formula is C18H21N5O2S. The lowest BCUT2D eigenvalue weighted by Crippen LogP contribution is -2.17. The van der Waals surface area contributed by atoms with Gasteiger partial charge >= 0.3 is 0 Å². The molecule has 0 aliphatic rings. The van der Waals surface area contributed by atoms with Crippen molar-refractivity contribution in [2.75, 3.05) is 18.2 Å². The zero-order valence-electron chi connectivity index (χ0n) is 15.2. The fraction of sp³-hybridized carbons (Fsp3) is 0.333. The first-order valence-electron chi connectivity index (χ1n) is 8.31. The maximum absolute atomic E-state index is 12.5. The Kier molecular flexibility index (Phi) is 5.41. The molecule has 0 saturated carbocycles. The molecule has 3 rings (SSSR count). The van der Waals surface area contributed by atoms with Crippen molar-refractivity contribution in [3.05, 3.63) is 41.2 Å². The number of carbonyl (C=O) groups is 1. The van der Waals surface area contributed by atoms with E-state index in [0.29, 0.717) is 17.5 Å². The van der Waals surface area contributed by atoms with E-state index in [1.165, 1.54) is 11.8 Å². The summed E-state index contributed by atoms with van der Waals surface area (Å²) in [7, 11) is 0. The molecule has 8 heteroatoms. The average molecular weight is 371 g/mol. The molecule has 7 nitrogen and oxygen atoms in total. The molecule has 2 heterocycles. The highest BCUT2D eigenvalue weighted by molar-refractivity contribution is 7.98. The predicted octanol–water partition coefficient (Wildman–Crippen LogP) is 3.04. The molecule has 0 atom stereocenters. The number of hydrogen-bond donors (Lipinski definition) is 1. The van der Waals surface area contributed by atoms with Gasteiger partial charge in [-0.15, -0.1) is 5.10 Å². The highest BCUT2D eigenvalue weighted by atomic mass is 32.2. The molecule has 0 unspecified atom stereocenters. The third-order valence-electron chi connectivity index (χ3n) is 4.00. The van der Waals surface area contributed by atoms with Crippen LogP contribution in [0.15, 0.2) is 29.4 Å². The maximum atomic E-state index is 12.5. The summed E-state index contributed by atoms with van der Waals surface area (Å²) in [4.78, 5) is 21.3. The van der Waals surface area contributed by atoms with Gasteiger partial charge in [0.25, 0.3) is 5.78 Å². The normalized spacial score (nSPS) is 10.9. The molecule has 1 N–H and O–H groups in total. The molecular weight excluding hydrogens is 350 g/mol. The quantitative estimate of drug-likeness (QED) is 0.671. The van der Waals surface area contributed by atoms with Gasteiger partial charge in [-0.05, 0) is 51.3 Å². The van der Waals surface area contributed by atoms with Crippen LogP contribution in [0.25, 0.3) is 5.78 Å². The van der Waals surface area contributed by atoms with Crippen LogP contribution in [0.2, 0.25) is 0 Å². The summed E-state index contributed by atoms with van der Waals surface area (Å²) in [6.45, 7) is 6.36. The molecule has 136 valence electrons. The monoisotopic (exact) mass is 371 g/mol. The van der Waals surface area contributed by atoms with Gasteiger partial charge in [-0.1, -0.05) is 11.8 Å². The van der Waals surface area contributed by atoms with E-state index in [2.05, 4.69) is 20.4 Å². The van der Waals surface area contributed by atoms with Crippen LogP contribution in [0.3, 0.4) is 0 Å². The SMILES string of the molecule is CCOc1ccc(NC(=O)Cc2c(C)nc3nc(SC)nn3c2C)cc1. The highest BCUT2D eigenvalue weighted by Gasteiger charge is 2.16. The van der Waals surface area contributed by atoms with Crippen LogP contribution in [0, 0.1) is 13.8 Å². The van der Waals surface area contributed by atoms with Gasteiger partial charge in [-0.2, -0.15) is 4.98 Å². The number of aromatic nitrogens is 4. The standard InChI is InChI=1S/C18H21N5O2S/c1-5-25-14-8-6-13(7-9-14)20-16(24)10-15-11(2)19-17-21-18(26-4)22-23(17)12(15)3/h6-9H,5,10H2,1-4H3,(H,20,24). The molecule has 0 fully saturated rings. The lowest BCUT2D eigenvalue weighted by atomic mass is 10.1. The summed E-state index contributed by atoms with van der Waals surface area (Å²) >= 11 is 1.46. The molecule has 0 spiro atoms. The Morgan fingerprint density at radius 2 is 1.96 bits per heavy atom. The van der Waals surface area contributed by atoms with Crippen molar-refractivity contribution in [3.63, 3.8) is 0 Å². The van der Waals surface area contributed by atoms with E-state index in [4.69, 9.17) is 4.74 Å². The van der Waals surface area contributed by atoms with Crippen molar-refractivity contribution >= 4 is 29.1 Å². The topological polar surface area (TPSA) is 81.4 Å². The number of carbonyl (C=O) groups excluding carboxylic acids is 1. The second-order valence-corrected chi connectivity index (χ2v) is 6.53. The number of rotatable bonds is 6. The van der Waals surface area contributed by atoms with Gasteiger partial charge in [-0.25, -0.2) is 9.50 Å². The number of anilines is 1. The Hall–Kier alpha value is -2.61. The summed E-state index contributed by atoms with van der Waals surface area (Å²) in [5.41, 5.74) is 3.26. The van der Waals surface area contributed by atoms with E-state index >= 15 is 0 Å². The Morgan fingerprint density at radius 3 is 2.62 bits per heavy atom. The third kappa shape index (κ3) is 3.80. The van der Waals surface area contributed by atoms with E-state index in [9.17, 15) is 4.79 Å². The number of hydrogen-bond acceptors (Lipinski definition) is 6. The molecule has 0 saturated heterocycles. The van der Waals surface area contributed by atoms with Crippen molar-refractivity contribution in [2.45, 2.75) is 32.3 Å². The van der Waals surface area contributed by atoms with E-state index in [-0.39, 0.29) is 12.3 Å². The largest absolute Gasteiger partial charge is 0.494 e. The van der Waals surface area contributed by atoms with Gasteiger partial charge in [0.2, 0.25) is 11.1 Å². The van der Waals surface area contributed by atoms with Crippen LogP contribution in [0.1, 0.15) is 23.9 Å². The molecule has 26 heavy (non-hydrogen) atoms. The highest BCUT2D eigenvalue weighted by Crippen LogP contribution is 2.19. The first-order chi connectivity index (χ1) is 12.5. The Morgan fingerprint density at radius 1 is 1.23 bits per heavy atom. The first-order valence-corrected chi connectivity index (χ1v) is 9.53. The number of aryl methyl sites for hydroxylation is 2. The summed E-state index contributed by atoms with van der Waals surface area (Å²) in [6, 6.07) is 7.32. The van der Waals surface area contributed by atoms with E-state index in [1.807, 2.05) is 51.3 Å². The minimum absolute atomic E-state index is 0.105. The lowest BCUT2D eigenvalue weighted by molar-refractivity contribution is -0.115. The van der Waals surface area contributed by atoms with Crippen molar-refractivity contribution in [1.82, 2.24) is 19.6 Å². The summed E-state index contributed by atoms with van der Waals surface area (Å²) in [5.74, 6) is 1.23. The summed E-state index contributed by atoms with van der Waals surface area (Å²) < 4.78 is 7.10.